The molecule has 1 atom stereocenters. The van der Waals surface area contributed by atoms with E-state index >= 15 is 0 Å². The number of fused-ring (bicyclic) bond motifs is 1. The smallest absolute Gasteiger partial charge is 0.405 e. The normalized spacial score (nSPS) is 11.8. The van der Waals surface area contributed by atoms with E-state index in [1.807, 2.05) is 19.9 Å². The van der Waals surface area contributed by atoms with Crippen molar-refractivity contribution < 1.29 is 19.5 Å². The Hall–Kier alpha value is -4.74. The number of carbonyl (C=O) groups is 3. The number of pyridine rings is 2. The van der Waals surface area contributed by atoms with Crippen LogP contribution in [0.4, 0.5) is 10.5 Å². The molecule has 3 heterocycles. The van der Waals surface area contributed by atoms with Gasteiger partial charge < -0.3 is 30.2 Å². The number of nitrogens with one attached hydrogen (secondary N) is 3. The summed E-state index contributed by atoms with van der Waals surface area (Å²) in [5.41, 5.74) is 2.94. The van der Waals surface area contributed by atoms with Crippen molar-refractivity contribution in [1.29, 1.82) is 0 Å². The van der Waals surface area contributed by atoms with Gasteiger partial charge in [0.2, 0.25) is 11.8 Å². The van der Waals surface area contributed by atoms with Crippen molar-refractivity contribution in [2.75, 3.05) is 19.4 Å². The fraction of sp³-hybridized carbons (Fsp3) is 0.308. The SMILES string of the molecule is CC(C)=Cc1cncc2[nH]c(Cn3cccc(NC(=O)C(CC/C=C/C(=O)N(C)C)NC(=O)O)c3=O)nc12. The van der Waals surface area contributed by atoms with Crippen LogP contribution in [0.25, 0.3) is 17.1 Å². The van der Waals surface area contributed by atoms with E-state index in [0.29, 0.717) is 5.82 Å². The first-order chi connectivity index (χ1) is 18.0. The van der Waals surface area contributed by atoms with Gasteiger partial charge in [-0.15, -0.1) is 0 Å². The minimum atomic E-state index is -1.38. The second-order valence-electron chi connectivity index (χ2n) is 9.09. The summed E-state index contributed by atoms with van der Waals surface area (Å²) in [5.74, 6) is -0.377. The molecule has 0 saturated heterocycles. The number of imidazole rings is 1. The van der Waals surface area contributed by atoms with E-state index in [1.165, 1.54) is 21.6 Å². The van der Waals surface area contributed by atoms with Gasteiger partial charge in [-0.1, -0.05) is 17.7 Å². The number of aromatic nitrogens is 4. The van der Waals surface area contributed by atoms with Gasteiger partial charge in [-0.2, -0.15) is 0 Å². The molecule has 0 bridgehead atoms. The summed E-state index contributed by atoms with van der Waals surface area (Å²) in [7, 11) is 3.21. The molecule has 12 nitrogen and oxygen atoms in total. The van der Waals surface area contributed by atoms with Crippen LogP contribution >= 0.6 is 0 Å². The van der Waals surface area contributed by atoms with E-state index in [1.54, 1.807) is 44.8 Å². The van der Waals surface area contributed by atoms with Gasteiger partial charge in [0, 0.05) is 32.1 Å². The van der Waals surface area contributed by atoms with E-state index in [2.05, 4.69) is 25.6 Å². The summed E-state index contributed by atoms with van der Waals surface area (Å²) in [5, 5.41) is 13.8. The zero-order valence-corrected chi connectivity index (χ0v) is 21.7. The molecule has 38 heavy (non-hydrogen) atoms. The molecule has 0 aliphatic carbocycles. The molecular weight excluding hydrogens is 490 g/mol. The average Bonchev–Trinajstić information content (AvgIpc) is 3.26. The summed E-state index contributed by atoms with van der Waals surface area (Å²) in [6, 6.07) is 1.92. The van der Waals surface area contributed by atoms with Crippen LogP contribution in [0.2, 0.25) is 0 Å². The highest BCUT2D eigenvalue weighted by molar-refractivity contribution is 5.96. The van der Waals surface area contributed by atoms with Gasteiger partial charge in [-0.3, -0.25) is 19.4 Å². The number of carboxylic acid groups (broad SMARTS) is 1. The second kappa shape index (κ2) is 12.5. The topological polar surface area (TPSA) is 162 Å². The molecule has 0 aromatic carbocycles. The summed E-state index contributed by atoms with van der Waals surface area (Å²) in [4.78, 5) is 62.2. The maximum absolute atomic E-state index is 13.1. The number of aromatic amines is 1. The van der Waals surface area contributed by atoms with Crippen molar-refractivity contribution in [2.45, 2.75) is 39.3 Å². The largest absolute Gasteiger partial charge is 0.465 e. The van der Waals surface area contributed by atoms with Crippen LogP contribution in [0.5, 0.6) is 0 Å². The van der Waals surface area contributed by atoms with Crippen LogP contribution in [0.15, 0.2) is 53.2 Å². The summed E-state index contributed by atoms with van der Waals surface area (Å²) >= 11 is 0. The maximum Gasteiger partial charge on any atom is 0.405 e. The lowest BCUT2D eigenvalue weighted by atomic mass is 10.1. The molecule has 0 aliphatic heterocycles. The van der Waals surface area contributed by atoms with Crippen LogP contribution in [0.3, 0.4) is 0 Å². The van der Waals surface area contributed by atoms with E-state index in [-0.39, 0.29) is 31.0 Å². The number of allylic oxidation sites excluding steroid dienone is 2. The highest BCUT2D eigenvalue weighted by atomic mass is 16.4. The zero-order chi connectivity index (χ0) is 27.8. The third kappa shape index (κ3) is 7.38. The van der Waals surface area contributed by atoms with E-state index in [0.717, 1.165) is 22.2 Å². The van der Waals surface area contributed by atoms with Gasteiger partial charge in [0.25, 0.3) is 5.56 Å². The van der Waals surface area contributed by atoms with Crippen LogP contribution in [-0.2, 0) is 16.1 Å². The highest BCUT2D eigenvalue weighted by Crippen LogP contribution is 2.18. The Morgan fingerprint density at radius 1 is 1.24 bits per heavy atom. The number of nitrogens with zero attached hydrogens (tertiary/aromatic N) is 4. The summed E-state index contributed by atoms with van der Waals surface area (Å²) in [6.45, 7) is 4.07. The van der Waals surface area contributed by atoms with E-state index < -0.39 is 23.6 Å². The number of hydrogen-bond donors (Lipinski definition) is 4. The molecule has 1 unspecified atom stereocenters. The molecule has 0 saturated carbocycles. The monoisotopic (exact) mass is 521 g/mol. The second-order valence-corrected chi connectivity index (χ2v) is 9.09. The van der Waals surface area contributed by atoms with Crippen molar-refractivity contribution in [2.24, 2.45) is 0 Å². The minimum absolute atomic E-state index is 0.00368. The molecule has 0 aliphatic rings. The van der Waals surface area contributed by atoms with Gasteiger partial charge in [-0.25, -0.2) is 9.78 Å². The molecule has 3 amide bonds. The molecule has 0 spiro atoms. The Labute approximate surface area is 219 Å². The molecule has 0 fully saturated rings. The summed E-state index contributed by atoms with van der Waals surface area (Å²) < 4.78 is 1.39. The molecule has 3 aromatic heterocycles. The minimum Gasteiger partial charge on any atom is -0.465 e. The predicted octanol–water partition coefficient (Wildman–Crippen LogP) is 2.59. The lowest BCUT2D eigenvalue weighted by Gasteiger charge is -2.16. The van der Waals surface area contributed by atoms with Crippen molar-refractivity contribution in [1.82, 2.24) is 29.7 Å². The van der Waals surface area contributed by atoms with Crippen LogP contribution in [-0.4, -0.2) is 67.6 Å². The lowest BCUT2D eigenvalue weighted by molar-refractivity contribution is -0.123. The van der Waals surface area contributed by atoms with Crippen molar-refractivity contribution in [3.05, 3.63) is 70.2 Å². The van der Waals surface area contributed by atoms with Crippen LogP contribution in [0, 0.1) is 0 Å². The number of H-pyrrole nitrogens is 1. The molecule has 200 valence electrons. The number of anilines is 1. The first kappa shape index (κ1) is 27.8. The van der Waals surface area contributed by atoms with Crippen LogP contribution in [0.1, 0.15) is 38.1 Å². The Morgan fingerprint density at radius 2 is 2.00 bits per heavy atom. The molecule has 3 aromatic rings. The number of likely N-dealkylation sites (N-methyl/N-ethyl adjacent to an activating group) is 1. The summed E-state index contributed by atoms with van der Waals surface area (Å²) in [6.07, 6.45) is 8.82. The van der Waals surface area contributed by atoms with Gasteiger partial charge in [0.05, 0.1) is 23.8 Å². The van der Waals surface area contributed by atoms with Crippen molar-refractivity contribution in [3.8, 4) is 0 Å². The molecule has 0 radical (unpaired) electrons. The fourth-order valence-corrected chi connectivity index (χ4v) is 3.65. The number of hydrogen-bond acceptors (Lipinski definition) is 6. The third-order valence-corrected chi connectivity index (χ3v) is 5.45. The predicted molar refractivity (Wildman–Crippen MR) is 144 cm³/mol. The number of carbonyl (C=O) groups excluding carboxylic acids is 2. The van der Waals surface area contributed by atoms with Gasteiger partial charge >= 0.3 is 6.09 Å². The Kier molecular flexibility index (Phi) is 9.14. The van der Waals surface area contributed by atoms with E-state index in [4.69, 9.17) is 5.11 Å². The standard InChI is InChI=1S/C26H31N7O5/c1-16(2)12-17-13-27-14-20-23(17)31-21(28-20)15-33-11-7-9-19(25(33)36)29-24(35)18(30-26(37)38)8-5-6-10-22(34)32(3)4/h6-7,9-14,18,30H,5,8,15H2,1-4H3,(H,28,31)(H,29,35)(H,37,38)/b10-6+. The first-order valence-electron chi connectivity index (χ1n) is 11.9. The Balaban J connectivity index is 1.76. The first-order valence-corrected chi connectivity index (χ1v) is 11.9. The van der Waals surface area contributed by atoms with Gasteiger partial charge in [-0.05, 0) is 44.9 Å². The average molecular weight is 522 g/mol. The van der Waals surface area contributed by atoms with Gasteiger partial charge in [0.15, 0.2) is 0 Å². The maximum atomic E-state index is 13.1. The lowest BCUT2D eigenvalue weighted by Crippen LogP contribution is -2.44. The fourth-order valence-electron chi connectivity index (χ4n) is 3.65. The molecule has 12 heteroatoms. The van der Waals surface area contributed by atoms with E-state index in [9.17, 15) is 19.2 Å². The Bertz CT molecular complexity index is 1450. The molecule has 3 rings (SSSR count). The number of amides is 3. The highest BCUT2D eigenvalue weighted by Gasteiger charge is 2.21. The number of rotatable bonds is 10. The zero-order valence-electron chi connectivity index (χ0n) is 21.7. The quantitative estimate of drug-likeness (QED) is 0.298. The third-order valence-electron chi connectivity index (χ3n) is 5.45. The molecular formula is C26H31N7O5. The molecule has 4 N–H and O–H groups in total. The van der Waals surface area contributed by atoms with Crippen molar-refractivity contribution in [3.63, 3.8) is 0 Å². The van der Waals surface area contributed by atoms with Crippen molar-refractivity contribution >= 4 is 40.7 Å². The van der Waals surface area contributed by atoms with Crippen LogP contribution < -0.4 is 16.2 Å². The van der Waals surface area contributed by atoms with Gasteiger partial charge in [0.1, 0.15) is 17.6 Å². The Morgan fingerprint density at radius 3 is 2.68 bits per heavy atom.